The van der Waals surface area contributed by atoms with E-state index < -0.39 is 24.6 Å². The van der Waals surface area contributed by atoms with Crippen molar-refractivity contribution < 1.29 is 38.7 Å². The molecule has 190 valence electrons. The number of carboxylic acids is 1. The van der Waals surface area contributed by atoms with Gasteiger partial charge in [-0.25, -0.2) is 4.79 Å². The fourth-order valence-corrected chi connectivity index (χ4v) is 4.13. The number of aryl methyl sites for hydroxylation is 1. The molecule has 8 nitrogen and oxygen atoms in total. The zero-order chi connectivity index (χ0) is 26.4. The molecule has 3 rings (SSSR count). The van der Waals surface area contributed by atoms with Crippen LogP contribution in [0.3, 0.4) is 0 Å². The molecule has 0 spiro atoms. The molecule has 0 saturated heterocycles. The number of rotatable bonds is 11. The molecule has 8 heteroatoms. The highest BCUT2D eigenvalue weighted by molar-refractivity contribution is 5.94. The van der Waals surface area contributed by atoms with Gasteiger partial charge in [0.1, 0.15) is 6.10 Å². The smallest absolute Gasteiger partial charge is 0.335 e. The Bertz CT molecular complexity index is 1250. The molecule has 2 N–H and O–H groups in total. The Morgan fingerprint density at radius 2 is 1.47 bits per heavy atom. The second-order valence-corrected chi connectivity index (χ2v) is 8.25. The van der Waals surface area contributed by atoms with Crippen molar-refractivity contribution in [2.24, 2.45) is 0 Å². The number of aromatic carboxylic acids is 1. The summed E-state index contributed by atoms with van der Waals surface area (Å²) in [7, 11) is 4.48. The molecule has 0 aromatic heterocycles. The minimum absolute atomic E-state index is 0.0846. The fraction of sp³-hybridized carbons (Fsp3) is 0.286. The van der Waals surface area contributed by atoms with E-state index in [2.05, 4.69) is 0 Å². The molecular formula is C28H30O8. The van der Waals surface area contributed by atoms with Gasteiger partial charge in [-0.3, -0.25) is 4.79 Å². The normalized spacial score (nSPS) is 12.4. The van der Waals surface area contributed by atoms with Gasteiger partial charge in [0, 0.05) is 11.5 Å². The van der Waals surface area contributed by atoms with E-state index in [4.69, 9.17) is 18.9 Å². The third kappa shape index (κ3) is 5.60. The molecule has 0 amide bonds. The van der Waals surface area contributed by atoms with Crippen molar-refractivity contribution in [3.8, 4) is 23.0 Å². The third-order valence-electron chi connectivity index (χ3n) is 5.94. The largest absolute Gasteiger partial charge is 0.493 e. The van der Waals surface area contributed by atoms with Crippen LogP contribution in [0.1, 0.15) is 50.2 Å². The first-order valence-corrected chi connectivity index (χ1v) is 11.3. The summed E-state index contributed by atoms with van der Waals surface area (Å²) < 4.78 is 22.5. The number of carbonyl (C=O) groups excluding carboxylic acids is 1. The average Bonchev–Trinajstić information content (AvgIpc) is 2.87. The van der Waals surface area contributed by atoms with Crippen molar-refractivity contribution in [1.82, 2.24) is 0 Å². The second kappa shape index (κ2) is 11.6. The van der Waals surface area contributed by atoms with Crippen LogP contribution >= 0.6 is 0 Å². The standard InChI is InChI=1S/C28H30O8/c1-16-6-9-20(28(31)32)21(12-16)27(19-8-10-22(33-3)24(14-19)34-4)26(15-29)36-23-11-7-18(17(2)30)13-25(23)35-5/h6-14,26-27,29H,15H2,1-5H3,(H,31,32). The molecule has 0 saturated carbocycles. The second-order valence-electron chi connectivity index (χ2n) is 8.25. The van der Waals surface area contributed by atoms with E-state index in [9.17, 15) is 19.8 Å². The van der Waals surface area contributed by atoms with Gasteiger partial charge in [-0.05, 0) is 61.4 Å². The van der Waals surface area contributed by atoms with Crippen LogP contribution in [0.5, 0.6) is 23.0 Å². The maximum absolute atomic E-state index is 12.2. The van der Waals surface area contributed by atoms with Gasteiger partial charge in [0.2, 0.25) is 0 Å². The lowest BCUT2D eigenvalue weighted by atomic mass is 9.83. The van der Waals surface area contributed by atoms with E-state index in [0.29, 0.717) is 39.7 Å². The molecule has 3 aromatic carbocycles. The molecule has 0 bridgehead atoms. The third-order valence-corrected chi connectivity index (χ3v) is 5.94. The summed E-state index contributed by atoms with van der Waals surface area (Å²) in [6, 6.07) is 15.0. The van der Waals surface area contributed by atoms with E-state index in [1.54, 1.807) is 48.5 Å². The Morgan fingerprint density at radius 3 is 2.06 bits per heavy atom. The van der Waals surface area contributed by atoms with Crippen molar-refractivity contribution in [2.75, 3.05) is 27.9 Å². The number of carboxylic acid groups (broad SMARTS) is 1. The zero-order valence-corrected chi connectivity index (χ0v) is 20.9. The highest BCUT2D eigenvalue weighted by Crippen LogP contribution is 2.39. The highest BCUT2D eigenvalue weighted by atomic mass is 16.5. The van der Waals surface area contributed by atoms with Gasteiger partial charge in [-0.15, -0.1) is 0 Å². The van der Waals surface area contributed by atoms with E-state index in [1.807, 2.05) is 6.92 Å². The number of hydrogen-bond donors (Lipinski definition) is 2. The van der Waals surface area contributed by atoms with Crippen LogP contribution in [0.2, 0.25) is 0 Å². The first-order chi connectivity index (χ1) is 17.2. The number of Topliss-reactive ketones (excluding diaryl/α,β-unsaturated/α-hetero) is 1. The van der Waals surface area contributed by atoms with Gasteiger partial charge in [0.05, 0.1) is 33.5 Å². The Labute approximate surface area is 210 Å². The topological polar surface area (TPSA) is 112 Å². The molecule has 2 atom stereocenters. The Morgan fingerprint density at radius 1 is 0.833 bits per heavy atom. The van der Waals surface area contributed by atoms with E-state index in [0.717, 1.165) is 5.56 Å². The Hall–Kier alpha value is -4.04. The highest BCUT2D eigenvalue weighted by Gasteiger charge is 2.32. The van der Waals surface area contributed by atoms with E-state index >= 15 is 0 Å². The maximum atomic E-state index is 12.2. The first-order valence-electron chi connectivity index (χ1n) is 11.3. The molecule has 2 unspecified atom stereocenters. The van der Waals surface area contributed by atoms with Crippen LogP contribution in [0.25, 0.3) is 0 Å². The summed E-state index contributed by atoms with van der Waals surface area (Å²) in [5.74, 6) is -0.372. The SMILES string of the molecule is COc1ccc(C(c2cc(C)ccc2C(=O)O)C(CO)Oc2ccc(C(C)=O)cc2OC)cc1OC. The number of aliphatic hydroxyl groups is 1. The van der Waals surface area contributed by atoms with Crippen LogP contribution < -0.4 is 18.9 Å². The van der Waals surface area contributed by atoms with E-state index in [1.165, 1.54) is 34.3 Å². The zero-order valence-electron chi connectivity index (χ0n) is 20.9. The molecule has 36 heavy (non-hydrogen) atoms. The summed E-state index contributed by atoms with van der Waals surface area (Å²) >= 11 is 0. The number of aliphatic hydroxyl groups excluding tert-OH is 1. The fourth-order valence-electron chi connectivity index (χ4n) is 4.13. The van der Waals surface area contributed by atoms with Crippen LogP contribution in [0, 0.1) is 6.92 Å². The van der Waals surface area contributed by atoms with Crippen molar-refractivity contribution in [3.05, 3.63) is 82.4 Å². The van der Waals surface area contributed by atoms with Gasteiger partial charge in [0.25, 0.3) is 0 Å². The van der Waals surface area contributed by atoms with Gasteiger partial charge >= 0.3 is 5.97 Å². The first kappa shape index (κ1) is 26.6. The van der Waals surface area contributed by atoms with Gasteiger partial charge in [-0.1, -0.05) is 23.8 Å². The summed E-state index contributed by atoms with van der Waals surface area (Å²) in [6.07, 6.45) is -0.917. The Balaban J connectivity index is 2.20. The molecule has 0 fully saturated rings. The minimum Gasteiger partial charge on any atom is -0.493 e. The number of benzene rings is 3. The minimum atomic E-state index is -1.10. The van der Waals surface area contributed by atoms with Crippen molar-refractivity contribution in [3.63, 3.8) is 0 Å². The maximum Gasteiger partial charge on any atom is 0.335 e. The predicted octanol–water partition coefficient (Wildman–Crippen LogP) is 4.49. The molecular weight excluding hydrogens is 464 g/mol. The summed E-state index contributed by atoms with van der Waals surface area (Å²) in [4.78, 5) is 24.0. The number of ketones is 1. The van der Waals surface area contributed by atoms with Crippen LogP contribution in [-0.2, 0) is 0 Å². The average molecular weight is 495 g/mol. The monoisotopic (exact) mass is 494 g/mol. The van der Waals surface area contributed by atoms with Crippen molar-refractivity contribution in [2.45, 2.75) is 25.9 Å². The number of ether oxygens (including phenoxy) is 4. The molecule has 0 heterocycles. The molecule has 0 aliphatic carbocycles. The van der Waals surface area contributed by atoms with E-state index in [-0.39, 0.29) is 11.3 Å². The van der Waals surface area contributed by atoms with Crippen LogP contribution in [-0.4, -0.2) is 56.0 Å². The number of methoxy groups -OCH3 is 3. The summed E-state index contributed by atoms with van der Waals surface area (Å²) in [5, 5.41) is 20.4. The molecule has 0 aliphatic rings. The van der Waals surface area contributed by atoms with Gasteiger partial charge in [-0.2, -0.15) is 0 Å². The number of hydrogen-bond acceptors (Lipinski definition) is 7. The summed E-state index contributed by atoms with van der Waals surface area (Å²) in [5.41, 5.74) is 2.50. The van der Waals surface area contributed by atoms with Crippen molar-refractivity contribution in [1.29, 1.82) is 0 Å². The Kier molecular flexibility index (Phi) is 8.55. The lowest BCUT2D eigenvalue weighted by Crippen LogP contribution is -2.31. The summed E-state index contributed by atoms with van der Waals surface area (Å²) in [6.45, 7) is 2.87. The predicted molar refractivity (Wildman–Crippen MR) is 134 cm³/mol. The molecule has 3 aromatic rings. The molecule has 0 radical (unpaired) electrons. The lowest BCUT2D eigenvalue weighted by molar-refractivity contribution is 0.0690. The number of carbonyl (C=O) groups is 2. The van der Waals surface area contributed by atoms with Crippen LogP contribution in [0.15, 0.2) is 54.6 Å². The lowest BCUT2D eigenvalue weighted by Gasteiger charge is -2.29. The van der Waals surface area contributed by atoms with Gasteiger partial charge < -0.3 is 29.2 Å². The van der Waals surface area contributed by atoms with Crippen molar-refractivity contribution >= 4 is 11.8 Å². The van der Waals surface area contributed by atoms with Gasteiger partial charge in [0.15, 0.2) is 28.8 Å². The molecule has 0 aliphatic heterocycles. The quantitative estimate of drug-likeness (QED) is 0.375. The van der Waals surface area contributed by atoms with Crippen LogP contribution in [0.4, 0.5) is 0 Å².